The lowest BCUT2D eigenvalue weighted by Crippen LogP contribution is -2.41. The molecule has 0 saturated carbocycles. The molecule has 1 aromatic rings. The van der Waals surface area contributed by atoms with Crippen molar-refractivity contribution in [2.24, 2.45) is 11.7 Å². The van der Waals surface area contributed by atoms with Gasteiger partial charge in [0.05, 0.1) is 6.04 Å². The summed E-state index contributed by atoms with van der Waals surface area (Å²) in [6, 6.07) is 9.13. The Morgan fingerprint density at radius 1 is 1.32 bits per heavy atom. The molecule has 0 radical (unpaired) electrons. The minimum absolute atomic E-state index is 0.102. The largest absolute Gasteiger partial charge is 0.348 e. The van der Waals surface area contributed by atoms with Crippen LogP contribution in [0.3, 0.4) is 0 Å². The van der Waals surface area contributed by atoms with E-state index in [-0.39, 0.29) is 23.9 Å². The Bertz CT molecular complexity index is 434. The van der Waals surface area contributed by atoms with E-state index in [1.165, 1.54) is 0 Å². The molecule has 0 aromatic heterocycles. The van der Waals surface area contributed by atoms with Gasteiger partial charge in [0.1, 0.15) is 0 Å². The van der Waals surface area contributed by atoms with E-state index >= 15 is 0 Å². The molecule has 4 unspecified atom stereocenters. The summed E-state index contributed by atoms with van der Waals surface area (Å²) in [4.78, 5) is 12.1. The topological polar surface area (TPSA) is 72.2 Å². The quantitative estimate of drug-likeness (QED) is 0.823. The molecule has 5 heteroatoms. The van der Waals surface area contributed by atoms with Gasteiger partial charge in [-0.15, -0.1) is 0 Å². The van der Waals surface area contributed by atoms with Crippen LogP contribution in [-0.4, -0.2) is 28.2 Å². The van der Waals surface area contributed by atoms with Crippen molar-refractivity contribution in [1.29, 1.82) is 0 Å². The zero-order valence-electron chi connectivity index (χ0n) is 11.6. The molecule has 0 saturated heterocycles. The summed E-state index contributed by atoms with van der Waals surface area (Å²) in [5.41, 5.74) is 6.69. The summed E-state index contributed by atoms with van der Waals surface area (Å²) >= 11 is 0. The first-order valence-electron chi connectivity index (χ1n) is 6.32. The van der Waals surface area contributed by atoms with E-state index in [9.17, 15) is 9.00 Å². The van der Waals surface area contributed by atoms with Gasteiger partial charge in [-0.25, -0.2) is 0 Å². The Morgan fingerprint density at radius 3 is 2.37 bits per heavy atom. The van der Waals surface area contributed by atoms with Gasteiger partial charge in [0, 0.05) is 34.8 Å². The lowest BCUT2D eigenvalue weighted by atomic mass is 10.0. The Hall–Kier alpha value is -1.20. The third-order valence-electron chi connectivity index (χ3n) is 3.12. The second-order valence-corrected chi connectivity index (χ2v) is 6.34. The summed E-state index contributed by atoms with van der Waals surface area (Å²) in [6.45, 7) is 3.60. The summed E-state index contributed by atoms with van der Waals surface area (Å²) < 4.78 is 11.4. The molecular formula is C14H22N2O2S. The molecule has 106 valence electrons. The molecule has 1 amide bonds. The number of amides is 1. The van der Waals surface area contributed by atoms with Crippen molar-refractivity contribution >= 4 is 16.7 Å². The molecule has 1 rings (SSSR count). The van der Waals surface area contributed by atoms with Crippen LogP contribution < -0.4 is 11.1 Å². The Morgan fingerprint density at radius 2 is 1.89 bits per heavy atom. The van der Waals surface area contributed by atoms with Gasteiger partial charge in [0.25, 0.3) is 0 Å². The zero-order chi connectivity index (χ0) is 14.4. The molecule has 0 aliphatic carbocycles. The van der Waals surface area contributed by atoms with Crippen LogP contribution in [0.1, 0.15) is 25.5 Å². The van der Waals surface area contributed by atoms with E-state index < -0.39 is 10.8 Å². The molecule has 4 atom stereocenters. The fourth-order valence-electron chi connectivity index (χ4n) is 1.68. The van der Waals surface area contributed by atoms with Gasteiger partial charge in [0.15, 0.2) is 0 Å². The predicted octanol–water partition coefficient (Wildman–Crippen LogP) is 1.21. The Labute approximate surface area is 117 Å². The number of rotatable bonds is 6. The molecular weight excluding hydrogens is 260 g/mol. The SMILES string of the molecule is CC(N)C(C)C(=O)NC(CS(C)=O)c1ccccc1. The summed E-state index contributed by atoms with van der Waals surface area (Å²) in [5, 5.41) is 2.93. The highest BCUT2D eigenvalue weighted by molar-refractivity contribution is 7.84. The van der Waals surface area contributed by atoms with Crippen molar-refractivity contribution in [3.63, 3.8) is 0 Å². The van der Waals surface area contributed by atoms with Crippen LogP contribution >= 0.6 is 0 Å². The summed E-state index contributed by atoms with van der Waals surface area (Å²) in [7, 11) is -0.982. The lowest BCUT2D eigenvalue weighted by molar-refractivity contribution is -0.125. The zero-order valence-corrected chi connectivity index (χ0v) is 12.4. The first-order valence-corrected chi connectivity index (χ1v) is 8.05. The summed E-state index contributed by atoms with van der Waals surface area (Å²) in [6.07, 6.45) is 1.64. The molecule has 0 aliphatic rings. The van der Waals surface area contributed by atoms with Gasteiger partial charge in [-0.05, 0) is 12.5 Å². The normalized spacial score (nSPS) is 17.3. The van der Waals surface area contributed by atoms with Crippen LogP contribution in [0.4, 0.5) is 0 Å². The molecule has 19 heavy (non-hydrogen) atoms. The van der Waals surface area contributed by atoms with Crippen LogP contribution in [-0.2, 0) is 15.6 Å². The van der Waals surface area contributed by atoms with Gasteiger partial charge in [-0.1, -0.05) is 37.3 Å². The van der Waals surface area contributed by atoms with E-state index in [0.717, 1.165) is 5.56 Å². The Kier molecular flexibility index (Phi) is 6.18. The maximum absolute atomic E-state index is 12.1. The van der Waals surface area contributed by atoms with Crippen molar-refractivity contribution in [2.75, 3.05) is 12.0 Å². The average molecular weight is 282 g/mol. The molecule has 0 heterocycles. The molecule has 4 nitrogen and oxygen atoms in total. The molecule has 1 aromatic carbocycles. The fourth-order valence-corrected chi connectivity index (χ4v) is 2.43. The Balaban J connectivity index is 2.82. The number of nitrogens with one attached hydrogen (secondary N) is 1. The fraction of sp³-hybridized carbons (Fsp3) is 0.500. The second kappa shape index (κ2) is 7.40. The highest BCUT2D eigenvalue weighted by Crippen LogP contribution is 2.15. The average Bonchev–Trinajstić information content (AvgIpc) is 2.37. The minimum atomic E-state index is -0.982. The predicted molar refractivity (Wildman–Crippen MR) is 79.1 cm³/mol. The highest BCUT2D eigenvalue weighted by atomic mass is 32.2. The van der Waals surface area contributed by atoms with Gasteiger partial charge in [-0.3, -0.25) is 9.00 Å². The number of nitrogens with two attached hydrogens (primary N) is 1. The van der Waals surface area contributed by atoms with Gasteiger partial charge < -0.3 is 11.1 Å². The molecule has 0 bridgehead atoms. The van der Waals surface area contributed by atoms with Crippen molar-refractivity contribution in [3.8, 4) is 0 Å². The number of hydrogen-bond acceptors (Lipinski definition) is 3. The van der Waals surface area contributed by atoms with Crippen molar-refractivity contribution < 1.29 is 9.00 Å². The van der Waals surface area contributed by atoms with Crippen molar-refractivity contribution in [2.45, 2.75) is 25.9 Å². The standard InChI is InChI=1S/C14H22N2O2S/c1-10(11(2)15)14(17)16-13(9-19(3)18)12-7-5-4-6-8-12/h4-8,10-11,13H,9,15H2,1-3H3,(H,16,17). The van der Waals surface area contributed by atoms with Gasteiger partial charge >= 0.3 is 0 Å². The van der Waals surface area contributed by atoms with Crippen LogP contribution in [0.25, 0.3) is 0 Å². The smallest absolute Gasteiger partial charge is 0.224 e. The number of carbonyl (C=O) groups excluding carboxylic acids is 1. The van der Waals surface area contributed by atoms with E-state index in [4.69, 9.17) is 5.73 Å². The van der Waals surface area contributed by atoms with Crippen LogP contribution in [0.2, 0.25) is 0 Å². The number of carbonyl (C=O) groups is 1. The van der Waals surface area contributed by atoms with Crippen LogP contribution in [0.15, 0.2) is 30.3 Å². The molecule has 3 N–H and O–H groups in total. The first kappa shape index (κ1) is 15.9. The summed E-state index contributed by atoms with van der Waals surface area (Å²) in [5.74, 6) is 0.0346. The first-order chi connectivity index (χ1) is 8.91. The third kappa shape index (κ3) is 5.12. The van der Waals surface area contributed by atoms with Gasteiger partial charge in [0.2, 0.25) is 5.91 Å². The van der Waals surface area contributed by atoms with Crippen molar-refractivity contribution in [3.05, 3.63) is 35.9 Å². The maximum Gasteiger partial charge on any atom is 0.224 e. The molecule has 0 aliphatic heterocycles. The second-order valence-electron chi connectivity index (χ2n) is 4.86. The maximum atomic E-state index is 12.1. The monoisotopic (exact) mass is 282 g/mol. The minimum Gasteiger partial charge on any atom is -0.348 e. The van der Waals surface area contributed by atoms with Crippen LogP contribution in [0.5, 0.6) is 0 Å². The van der Waals surface area contributed by atoms with Crippen molar-refractivity contribution in [1.82, 2.24) is 5.32 Å². The van der Waals surface area contributed by atoms with E-state index in [0.29, 0.717) is 5.75 Å². The third-order valence-corrected chi connectivity index (χ3v) is 3.92. The molecule has 0 spiro atoms. The number of hydrogen-bond donors (Lipinski definition) is 2. The van der Waals surface area contributed by atoms with Crippen LogP contribution in [0, 0.1) is 5.92 Å². The van der Waals surface area contributed by atoms with E-state index in [2.05, 4.69) is 5.32 Å². The highest BCUT2D eigenvalue weighted by Gasteiger charge is 2.22. The van der Waals surface area contributed by atoms with Gasteiger partial charge in [-0.2, -0.15) is 0 Å². The lowest BCUT2D eigenvalue weighted by Gasteiger charge is -2.22. The molecule has 0 fully saturated rings. The van der Waals surface area contributed by atoms with E-state index in [1.807, 2.05) is 30.3 Å². The van der Waals surface area contributed by atoms with E-state index in [1.54, 1.807) is 20.1 Å². The number of benzene rings is 1.